The van der Waals surface area contributed by atoms with E-state index in [0.717, 1.165) is 0 Å². The molecular weight excluding hydrogens is 540 g/mol. The van der Waals surface area contributed by atoms with Gasteiger partial charge in [-0.1, -0.05) is 152 Å². The smallest absolute Gasteiger partial charge is 0.0619 e. The van der Waals surface area contributed by atoms with Gasteiger partial charge in [-0.2, -0.15) is 0 Å². The number of benzene rings is 9. The zero-order chi connectivity index (χ0) is 29.3. The van der Waals surface area contributed by atoms with E-state index in [1.165, 1.54) is 98.7 Å². The summed E-state index contributed by atoms with van der Waals surface area (Å²) in [6.45, 7) is 0. The molecule has 0 radical (unpaired) electrons. The van der Waals surface area contributed by atoms with E-state index in [-0.39, 0.29) is 5.41 Å². The molecule has 0 aromatic heterocycles. The average molecular weight is 567 g/mol. The first-order chi connectivity index (χ1) is 22.4. The summed E-state index contributed by atoms with van der Waals surface area (Å²) < 4.78 is 0. The van der Waals surface area contributed by atoms with Crippen LogP contribution in [0.25, 0.3) is 76.5 Å². The van der Waals surface area contributed by atoms with Crippen LogP contribution in [0.4, 0.5) is 0 Å². The molecule has 9 aromatic rings. The number of fused-ring (bicyclic) bond motifs is 13. The molecule has 0 heterocycles. The molecule has 45 heavy (non-hydrogen) atoms. The second-order valence-electron chi connectivity index (χ2n) is 12.7. The van der Waals surface area contributed by atoms with Crippen LogP contribution >= 0.6 is 0 Å². The van der Waals surface area contributed by atoms with Crippen LogP contribution in [-0.4, -0.2) is 0 Å². The largest absolute Gasteiger partial charge is 0.0731 e. The fourth-order valence-corrected chi connectivity index (χ4v) is 9.24. The number of hydrogen-bond donors (Lipinski definition) is 0. The van der Waals surface area contributed by atoms with Gasteiger partial charge in [0.2, 0.25) is 0 Å². The predicted molar refractivity (Wildman–Crippen MR) is 189 cm³/mol. The molecule has 1 spiro atoms. The van der Waals surface area contributed by atoms with Crippen LogP contribution in [-0.2, 0) is 5.41 Å². The van der Waals surface area contributed by atoms with Crippen molar-refractivity contribution in [2.75, 3.05) is 0 Å². The van der Waals surface area contributed by atoms with E-state index in [0.29, 0.717) is 0 Å². The minimum Gasteiger partial charge on any atom is -0.0619 e. The fraction of sp³-hybridized carbons (Fsp3) is 0.0222. The van der Waals surface area contributed by atoms with E-state index in [1.807, 2.05) is 0 Å². The maximum Gasteiger partial charge on any atom is 0.0731 e. The van der Waals surface area contributed by atoms with Crippen LogP contribution in [0.3, 0.4) is 0 Å². The van der Waals surface area contributed by atoms with Gasteiger partial charge in [-0.05, 0) is 105 Å². The van der Waals surface area contributed by atoms with Crippen molar-refractivity contribution < 1.29 is 0 Å². The summed E-state index contributed by atoms with van der Waals surface area (Å²) in [5.41, 5.74) is 13.2. The van der Waals surface area contributed by atoms with Crippen molar-refractivity contribution >= 4 is 43.1 Å². The zero-order valence-electron chi connectivity index (χ0n) is 24.5. The van der Waals surface area contributed by atoms with Gasteiger partial charge in [-0.15, -0.1) is 0 Å². The normalized spacial score (nSPS) is 14.0. The summed E-state index contributed by atoms with van der Waals surface area (Å²) in [5, 5.41) is 10.6. The van der Waals surface area contributed by atoms with Crippen molar-refractivity contribution in [3.8, 4) is 33.4 Å². The van der Waals surface area contributed by atoms with Crippen LogP contribution in [0.5, 0.6) is 0 Å². The number of hydrogen-bond acceptors (Lipinski definition) is 0. The lowest BCUT2D eigenvalue weighted by atomic mass is 9.68. The van der Waals surface area contributed by atoms with E-state index in [1.54, 1.807) is 0 Å². The molecule has 0 atom stereocenters. The summed E-state index contributed by atoms with van der Waals surface area (Å²) in [6.07, 6.45) is 0. The lowest BCUT2D eigenvalue weighted by molar-refractivity contribution is 0.802. The molecule has 0 amide bonds. The van der Waals surface area contributed by atoms with Crippen molar-refractivity contribution in [2.24, 2.45) is 0 Å². The highest BCUT2D eigenvalue weighted by molar-refractivity contribution is 6.32. The molecule has 0 N–H and O–H groups in total. The van der Waals surface area contributed by atoms with E-state index >= 15 is 0 Å². The second-order valence-corrected chi connectivity index (χ2v) is 12.7. The average Bonchev–Trinajstić information content (AvgIpc) is 3.58. The van der Waals surface area contributed by atoms with Gasteiger partial charge >= 0.3 is 0 Å². The van der Waals surface area contributed by atoms with Crippen LogP contribution in [0.15, 0.2) is 158 Å². The first-order valence-electron chi connectivity index (χ1n) is 15.9. The molecule has 0 aliphatic heterocycles. The quantitative estimate of drug-likeness (QED) is 0.173. The summed E-state index contributed by atoms with van der Waals surface area (Å²) in [6, 6.07) is 59.4. The second kappa shape index (κ2) is 8.25. The minimum atomic E-state index is -0.386. The van der Waals surface area contributed by atoms with Crippen molar-refractivity contribution in [3.63, 3.8) is 0 Å². The lowest BCUT2D eigenvalue weighted by Crippen LogP contribution is -2.26. The van der Waals surface area contributed by atoms with Gasteiger partial charge in [-0.3, -0.25) is 0 Å². The molecule has 0 nitrogen and oxygen atoms in total. The van der Waals surface area contributed by atoms with Crippen molar-refractivity contribution in [1.29, 1.82) is 0 Å². The standard InChI is InChI=1S/C45H26/c1-2-15-29-27(12-1)13-9-19-30(29)37-26-28-14-10-21-35-41(28)42-33(37)20-11-22-36(42)44-43(35)34-18-5-8-25-40(34)45(44)38-23-6-3-16-31(38)32-17-4-7-24-39(32)45/h1-26H. The Bertz CT molecular complexity index is 2660. The SMILES string of the molecule is c1ccc2c(c1)-c1ccccc1C21c2ccccc2-c2c1c1cccc3c(-c4cccc5ccccc45)cc4cccc2c4c31. The van der Waals surface area contributed by atoms with Gasteiger partial charge in [0, 0.05) is 0 Å². The first kappa shape index (κ1) is 23.7. The molecule has 2 aliphatic rings. The van der Waals surface area contributed by atoms with E-state index < -0.39 is 0 Å². The van der Waals surface area contributed by atoms with Crippen LogP contribution in [0.2, 0.25) is 0 Å². The third-order valence-electron chi connectivity index (χ3n) is 10.8. The molecule has 0 unspecified atom stereocenters. The highest BCUT2D eigenvalue weighted by Gasteiger charge is 2.53. The van der Waals surface area contributed by atoms with E-state index in [4.69, 9.17) is 0 Å². The summed E-state index contributed by atoms with van der Waals surface area (Å²) in [4.78, 5) is 0. The van der Waals surface area contributed by atoms with E-state index in [2.05, 4.69) is 158 Å². The van der Waals surface area contributed by atoms with Crippen LogP contribution in [0.1, 0.15) is 22.3 Å². The Kier molecular flexibility index (Phi) is 4.35. The molecule has 11 rings (SSSR count). The Morgan fingerprint density at radius 2 is 0.822 bits per heavy atom. The Morgan fingerprint density at radius 3 is 1.62 bits per heavy atom. The maximum absolute atomic E-state index is 2.44. The molecule has 0 bridgehead atoms. The Morgan fingerprint density at radius 1 is 0.311 bits per heavy atom. The molecular formula is C45H26. The van der Waals surface area contributed by atoms with Gasteiger partial charge in [0.15, 0.2) is 0 Å². The minimum absolute atomic E-state index is 0.386. The molecule has 9 aromatic carbocycles. The lowest BCUT2D eigenvalue weighted by Gasteiger charge is -2.32. The highest BCUT2D eigenvalue weighted by atomic mass is 14.5. The Hall–Kier alpha value is -5.72. The number of rotatable bonds is 1. The Balaban J connectivity index is 1.40. The maximum atomic E-state index is 2.44. The molecule has 0 heteroatoms. The van der Waals surface area contributed by atoms with Gasteiger partial charge in [0.05, 0.1) is 5.41 Å². The first-order valence-corrected chi connectivity index (χ1v) is 15.9. The Labute approximate surface area is 261 Å². The summed E-state index contributed by atoms with van der Waals surface area (Å²) in [5.74, 6) is 0. The van der Waals surface area contributed by atoms with Gasteiger partial charge in [0.1, 0.15) is 0 Å². The van der Waals surface area contributed by atoms with Crippen LogP contribution < -0.4 is 0 Å². The topological polar surface area (TPSA) is 0 Å². The van der Waals surface area contributed by atoms with Crippen LogP contribution in [0, 0.1) is 0 Å². The molecule has 0 saturated heterocycles. The van der Waals surface area contributed by atoms with Gasteiger partial charge < -0.3 is 0 Å². The van der Waals surface area contributed by atoms with Gasteiger partial charge in [0.25, 0.3) is 0 Å². The van der Waals surface area contributed by atoms with Crippen molar-refractivity contribution in [2.45, 2.75) is 5.41 Å². The predicted octanol–water partition coefficient (Wildman–Crippen LogP) is 11.7. The highest BCUT2D eigenvalue weighted by Crippen LogP contribution is 2.66. The monoisotopic (exact) mass is 566 g/mol. The zero-order valence-corrected chi connectivity index (χ0v) is 24.5. The fourth-order valence-electron chi connectivity index (χ4n) is 9.24. The van der Waals surface area contributed by atoms with E-state index in [9.17, 15) is 0 Å². The summed E-state index contributed by atoms with van der Waals surface area (Å²) >= 11 is 0. The molecule has 0 saturated carbocycles. The molecule has 206 valence electrons. The molecule has 2 aliphatic carbocycles. The third-order valence-corrected chi connectivity index (χ3v) is 10.8. The molecule has 0 fully saturated rings. The summed E-state index contributed by atoms with van der Waals surface area (Å²) in [7, 11) is 0. The van der Waals surface area contributed by atoms with Gasteiger partial charge in [-0.25, -0.2) is 0 Å². The van der Waals surface area contributed by atoms with Crippen molar-refractivity contribution in [3.05, 3.63) is 180 Å². The third kappa shape index (κ3) is 2.71. The van der Waals surface area contributed by atoms with Crippen molar-refractivity contribution in [1.82, 2.24) is 0 Å².